The van der Waals surface area contributed by atoms with Gasteiger partial charge in [0.2, 0.25) is 0 Å². The molecule has 3 aromatic carbocycles. The highest BCUT2D eigenvalue weighted by Crippen LogP contribution is 2.48. The Morgan fingerprint density at radius 2 is 1.45 bits per heavy atom. The number of allylic oxidation sites excluding steroid dienone is 9. The quantitative estimate of drug-likeness (QED) is 0.167. The molecule has 0 N–H and O–H groups in total. The molecule has 1 aromatic heterocycles. The molecule has 1 heterocycles. The third-order valence-electron chi connectivity index (χ3n) is 8.49. The monoisotopic (exact) mass is 541 g/mol. The predicted octanol–water partition coefficient (Wildman–Crippen LogP) is 10.7. The first-order valence-electron chi connectivity index (χ1n) is 14.7. The maximum Gasteiger partial charge on any atom is 0.0715 e. The van der Waals surface area contributed by atoms with Crippen LogP contribution >= 0.6 is 0 Å². The Morgan fingerprint density at radius 1 is 0.857 bits per heavy atom. The fourth-order valence-corrected chi connectivity index (χ4v) is 6.31. The molecule has 2 aliphatic carbocycles. The molecule has 0 amide bonds. The van der Waals surface area contributed by atoms with Crippen LogP contribution in [-0.4, -0.2) is 4.98 Å². The molecule has 204 valence electrons. The molecular weight excluding hydrogens is 506 g/mol. The lowest BCUT2D eigenvalue weighted by molar-refractivity contribution is 0.740. The van der Waals surface area contributed by atoms with Gasteiger partial charge in [-0.25, -0.2) is 4.98 Å². The van der Waals surface area contributed by atoms with Crippen LogP contribution in [0.25, 0.3) is 39.2 Å². The molecule has 0 radical (unpaired) electrons. The second-order valence-corrected chi connectivity index (χ2v) is 11.2. The highest BCUT2D eigenvalue weighted by Gasteiger charge is 2.32. The van der Waals surface area contributed by atoms with E-state index in [1.165, 1.54) is 39.0 Å². The summed E-state index contributed by atoms with van der Waals surface area (Å²) in [6, 6.07) is 34.3. The molecule has 1 atom stereocenters. The fraction of sp³-hybridized carbons (Fsp3) is 0.146. The summed E-state index contributed by atoms with van der Waals surface area (Å²) in [5.74, 6) is 3.20. The Labute approximate surface area is 250 Å². The largest absolute Gasteiger partial charge is 0.248 e. The van der Waals surface area contributed by atoms with Crippen LogP contribution in [-0.2, 0) is 0 Å². The van der Waals surface area contributed by atoms with Gasteiger partial charge in [-0.15, -0.1) is 12.3 Å². The van der Waals surface area contributed by atoms with Crippen LogP contribution in [0.15, 0.2) is 150 Å². The smallest absolute Gasteiger partial charge is 0.0715 e. The second kappa shape index (κ2) is 11.9. The van der Waals surface area contributed by atoms with Crippen molar-refractivity contribution in [2.45, 2.75) is 33.1 Å². The molecule has 0 saturated heterocycles. The Kier molecular flexibility index (Phi) is 7.72. The standard InChI is InChI=1S/C41H35N/c1-5-6-18-35(28(2)3)38-27-39-36(29(38)4)19-13-20-37(39)31-23-21-30(22-24-31)34-25-40(32-14-9-7-10-15-32)42-41(26-34)33-16-11-8-12-17-33/h1,7-18,20-26,36H,2,6,19,27H2,3-4H3/b35-18-. The lowest BCUT2D eigenvalue weighted by Crippen LogP contribution is -2.05. The molecule has 6 rings (SSSR count). The zero-order valence-corrected chi connectivity index (χ0v) is 24.4. The van der Waals surface area contributed by atoms with Crippen molar-refractivity contribution < 1.29 is 0 Å². The van der Waals surface area contributed by atoms with E-state index in [2.05, 4.69) is 130 Å². The summed E-state index contributed by atoms with van der Waals surface area (Å²) < 4.78 is 0. The van der Waals surface area contributed by atoms with Crippen molar-refractivity contribution in [1.82, 2.24) is 4.98 Å². The molecule has 1 heteroatoms. The Morgan fingerprint density at radius 3 is 2.02 bits per heavy atom. The first-order chi connectivity index (χ1) is 20.5. The summed E-state index contributed by atoms with van der Waals surface area (Å²) in [6.45, 7) is 8.64. The van der Waals surface area contributed by atoms with Gasteiger partial charge in [0.25, 0.3) is 0 Å². The molecule has 0 saturated carbocycles. The number of fused-ring (bicyclic) bond motifs is 1. The van der Waals surface area contributed by atoms with E-state index >= 15 is 0 Å². The maximum atomic E-state index is 5.59. The number of terminal acetylenes is 1. The molecule has 1 nitrogen and oxygen atoms in total. The van der Waals surface area contributed by atoms with E-state index in [9.17, 15) is 0 Å². The first-order valence-corrected chi connectivity index (χ1v) is 14.7. The number of nitrogens with zero attached hydrogens (tertiary/aromatic N) is 1. The molecule has 0 fully saturated rings. The van der Waals surface area contributed by atoms with E-state index in [1.807, 2.05) is 12.1 Å². The SMILES string of the molecule is C#CC/C=C(/C(=C)C)C1=C(C)C2CC=CC(c3ccc(-c4cc(-c5ccccc5)nc(-c5ccccc5)c4)cc3)=C2C1. The van der Waals surface area contributed by atoms with Crippen molar-refractivity contribution in [2.75, 3.05) is 0 Å². The van der Waals surface area contributed by atoms with Gasteiger partial charge in [-0.2, -0.15) is 0 Å². The zero-order chi connectivity index (χ0) is 29.1. The van der Waals surface area contributed by atoms with Gasteiger partial charge in [0.15, 0.2) is 0 Å². The van der Waals surface area contributed by atoms with Gasteiger partial charge >= 0.3 is 0 Å². The van der Waals surface area contributed by atoms with Crippen molar-refractivity contribution in [1.29, 1.82) is 0 Å². The number of hydrogen-bond donors (Lipinski definition) is 0. The van der Waals surface area contributed by atoms with Crippen LogP contribution in [0.1, 0.15) is 38.7 Å². The van der Waals surface area contributed by atoms with Crippen molar-refractivity contribution >= 4 is 5.57 Å². The average molecular weight is 542 g/mol. The third-order valence-corrected chi connectivity index (χ3v) is 8.49. The fourth-order valence-electron chi connectivity index (χ4n) is 6.31. The van der Waals surface area contributed by atoms with Gasteiger partial charge in [0, 0.05) is 23.5 Å². The number of rotatable bonds is 7. The molecule has 0 aliphatic heterocycles. The molecule has 0 bridgehead atoms. The van der Waals surface area contributed by atoms with Crippen LogP contribution in [0.2, 0.25) is 0 Å². The number of hydrogen-bond acceptors (Lipinski definition) is 1. The van der Waals surface area contributed by atoms with Gasteiger partial charge in [0.05, 0.1) is 11.4 Å². The van der Waals surface area contributed by atoms with E-state index < -0.39 is 0 Å². The topological polar surface area (TPSA) is 12.9 Å². The van der Waals surface area contributed by atoms with Crippen molar-refractivity contribution in [3.63, 3.8) is 0 Å². The molecule has 2 aliphatic rings. The lowest BCUT2D eigenvalue weighted by atomic mass is 9.83. The lowest BCUT2D eigenvalue weighted by Gasteiger charge is -2.21. The Balaban J connectivity index is 1.37. The Bertz CT molecular complexity index is 1750. The van der Waals surface area contributed by atoms with Crippen LogP contribution in [0, 0.1) is 18.3 Å². The average Bonchev–Trinajstić information content (AvgIpc) is 3.37. The van der Waals surface area contributed by atoms with Crippen LogP contribution in [0.4, 0.5) is 0 Å². The molecule has 0 spiro atoms. The van der Waals surface area contributed by atoms with Gasteiger partial charge in [-0.3, -0.25) is 0 Å². The van der Waals surface area contributed by atoms with E-state index in [0.717, 1.165) is 46.5 Å². The van der Waals surface area contributed by atoms with E-state index in [0.29, 0.717) is 12.3 Å². The number of aromatic nitrogens is 1. The van der Waals surface area contributed by atoms with Gasteiger partial charge < -0.3 is 0 Å². The summed E-state index contributed by atoms with van der Waals surface area (Å²) in [6.07, 6.45) is 15.0. The molecule has 4 aromatic rings. The van der Waals surface area contributed by atoms with E-state index in [4.69, 9.17) is 11.4 Å². The molecule has 42 heavy (non-hydrogen) atoms. The van der Waals surface area contributed by atoms with E-state index in [1.54, 1.807) is 0 Å². The third kappa shape index (κ3) is 5.37. The normalized spacial score (nSPS) is 16.4. The minimum Gasteiger partial charge on any atom is -0.248 e. The van der Waals surface area contributed by atoms with Crippen molar-refractivity contribution in [2.24, 2.45) is 5.92 Å². The molecular formula is C41H35N. The van der Waals surface area contributed by atoms with Gasteiger partial charge in [0.1, 0.15) is 0 Å². The van der Waals surface area contributed by atoms with E-state index in [-0.39, 0.29) is 0 Å². The van der Waals surface area contributed by atoms with Crippen LogP contribution in [0.3, 0.4) is 0 Å². The maximum absolute atomic E-state index is 5.59. The first kappa shape index (κ1) is 27.3. The summed E-state index contributed by atoms with van der Waals surface area (Å²) >= 11 is 0. The summed E-state index contributed by atoms with van der Waals surface area (Å²) in [5.41, 5.74) is 15.8. The minimum absolute atomic E-state index is 0.440. The highest BCUT2D eigenvalue weighted by atomic mass is 14.7. The summed E-state index contributed by atoms with van der Waals surface area (Å²) in [4.78, 5) is 5.04. The second-order valence-electron chi connectivity index (χ2n) is 11.2. The van der Waals surface area contributed by atoms with Crippen molar-refractivity contribution in [3.8, 4) is 46.0 Å². The summed E-state index contributed by atoms with van der Waals surface area (Å²) in [7, 11) is 0. The summed E-state index contributed by atoms with van der Waals surface area (Å²) in [5, 5.41) is 0. The number of benzene rings is 3. The predicted molar refractivity (Wildman–Crippen MR) is 178 cm³/mol. The van der Waals surface area contributed by atoms with Gasteiger partial charge in [-0.05, 0) is 72.2 Å². The van der Waals surface area contributed by atoms with Gasteiger partial charge in [-0.1, -0.05) is 126 Å². The van der Waals surface area contributed by atoms with Crippen LogP contribution < -0.4 is 0 Å². The zero-order valence-electron chi connectivity index (χ0n) is 24.4. The highest BCUT2D eigenvalue weighted by molar-refractivity contribution is 5.83. The number of pyridine rings is 1. The Hall–Kier alpha value is -4.93. The minimum atomic E-state index is 0.440. The van der Waals surface area contributed by atoms with Crippen LogP contribution in [0.5, 0.6) is 0 Å². The van der Waals surface area contributed by atoms with Crippen molar-refractivity contribution in [3.05, 3.63) is 155 Å². The molecule has 1 unspecified atom stereocenters.